The lowest BCUT2D eigenvalue weighted by Gasteiger charge is -2.43. The first-order chi connectivity index (χ1) is 9.39. The second-order valence-electron chi connectivity index (χ2n) is 5.01. The Morgan fingerprint density at radius 2 is 2.00 bits per heavy atom. The molecule has 0 atom stereocenters. The minimum Gasteiger partial charge on any atom is -0.496 e. The molecule has 0 spiro atoms. The third-order valence-corrected chi connectivity index (χ3v) is 3.83. The number of amides is 1. The fourth-order valence-electron chi connectivity index (χ4n) is 2.58. The summed E-state index contributed by atoms with van der Waals surface area (Å²) in [6.07, 6.45) is -2.43. The standard InChI is InChI=1S/C14H16F3NO2/c1-20-11-6-3-2-5-10(11)13(7-4-8-13)9-18-12(19)14(15,16)17/h2-3,5-6H,4,7-9H2,1H3,(H,18,19). The lowest BCUT2D eigenvalue weighted by Crippen LogP contribution is -2.48. The average molecular weight is 287 g/mol. The van der Waals surface area contributed by atoms with E-state index in [-0.39, 0.29) is 6.54 Å². The van der Waals surface area contributed by atoms with Crippen LogP contribution in [0.3, 0.4) is 0 Å². The molecule has 0 bridgehead atoms. The van der Waals surface area contributed by atoms with Gasteiger partial charge in [-0.1, -0.05) is 24.6 Å². The molecule has 110 valence electrons. The number of halogens is 3. The molecule has 1 N–H and O–H groups in total. The van der Waals surface area contributed by atoms with Crippen molar-refractivity contribution in [3.05, 3.63) is 29.8 Å². The van der Waals surface area contributed by atoms with Crippen LogP contribution in [0.5, 0.6) is 5.75 Å². The predicted octanol–water partition coefficient (Wildman–Crippen LogP) is 2.80. The normalized spacial score (nSPS) is 17.2. The Hall–Kier alpha value is -1.72. The van der Waals surface area contributed by atoms with Crippen LogP contribution in [0.4, 0.5) is 13.2 Å². The van der Waals surface area contributed by atoms with E-state index < -0.39 is 17.5 Å². The number of nitrogens with one attached hydrogen (secondary N) is 1. The number of ether oxygens (including phenoxy) is 1. The van der Waals surface area contributed by atoms with E-state index in [1.807, 2.05) is 23.5 Å². The van der Waals surface area contributed by atoms with E-state index in [4.69, 9.17) is 4.74 Å². The summed E-state index contributed by atoms with van der Waals surface area (Å²) in [5.41, 5.74) is 0.407. The van der Waals surface area contributed by atoms with Gasteiger partial charge in [0.25, 0.3) is 0 Å². The Balaban J connectivity index is 2.16. The fourth-order valence-corrected chi connectivity index (χ4v) is 2.58. The van der Waals surface area contributed by atoms with Crippen LogP contribution in [0.1, 0.15) is 24.8 Å². The zero-order valence-corrected chi connectivity index (χ0v) is 11.1. The van der Waals surface area contributed by atoms with Gasteiger partial charge in [-0.15, -0.1) is 0 Å². The van der Waals surface area contributed by atoms with E-state index in [0.717, 1.165) is 24.8 Å². The minimum absolute atomic E-state index is 0.0221. The van der Waals surface area contributed by atoms with Crippen LogP contribution in [0.2, 0.25) is 0 Å². The predicted molar refractivity (Wildman–Crippen MR) is 67.6 cm³/mol. The zero-order valence-electron chi connectivity index (χ0n) is 11.1. The van der Waals surface area contributed by atoms with Crippen LogP contribution in [0.25, 0.3) is 0 Å². The van der Waals surface area contributed by atoms with Crippen LogP contribution in [0.15, 0.2) is 24.3 Å². The van der Waals surface area contributed by atoms with Gasteiger partial charge in [-0.25, -0.2) is 0 Å². The van der Waals surface area contributed by atoms with Gasteiger partial charge in [0.2, 0.25) is 0 Å². The number of benzene rings is 1. The monoisotopic (exact) mass is 287 g/mol. The van der Waals surface area contributed by atoms with Gasteiger partial charge in [0.05, 0.1) is 7.11 Å². The first kappa shape index (κ1) is 14.7. The summed E-state index contributed by atoms with van der Waals surface area (Å²) in [5, 5.41) is 2.00. The largest absolute Gasteiger partial charge is 0.496 e. The average Bonchev–Trinajstić information content (AvgIpc) is 2.36. The number of hydrogen-bond donors (Lipinski definition) is 1. The van der Waals surface area contributed by atoms with E-state index in [1.165, 1.54) is 7.11 Å². The van der Waals surface area contributed by atoms with E-state index in [9.17, 15) is 18.0 Å². The molecule has 0 unspecified atom stereocenters. The highest BCUT2D eigenvalue weighted by molar-refractivity contribution is 5.81. The molecular formula is C14H16F3NO2. The molecule has 1 aliphatic carbocycles. The molecule has 0 aromatic heterocycles. The van der Waals surface area contributed by atoms with Crippen LogP contribution in [0, 0.1) is 0 Å². The smallest absolute Gasteiger partial charge is 0.471 e. The molecule has 1 amide bonds. The Labute approximate surface area is 115 Å². The number of hydrogen-bond acceptors (Lipinski definition) is 2. The van der Waals surface area contributed by atoms with Gasteiger partial charge in [-0.05, 0) is 18.9 Å². The Morgan fingerprint density at radius 3 is 2.50 bits per heavy atom. The van der Waals surface area contributed by atoms with Crippen molar-refractivity contribution in [1.82, 2.24) is 5.32 Å². The van der Waals surface area contributed by atoms with Gasteiger partial charge in [0.15, 0.2) is 0 Å². The first-order valence-electron chi connectivity index (χ1n) is 6.38. The second kappa shape index (κ2) is 5.34. The molecule has 1 saturated carbocycles. The molecule has 0 radical (unpaired) electrons. The summed E-state index contributed by atoms with van der Waals surface area (Å²) < 4.78 is 42.0. The van der Waals surface area contributed by atoms with Gasteiger partial charge in [0.1, 0.15) is 5.75 Å². The maximum atomic E-state index is 12.3. The van der Waals surface area contributed by atoms with Crippen molar-refractivity contribution < 1.29 is 22.7 Å². The summed E-state index contributed by atoms with van der Waals surface area (Å²) in [4.78, 5) is 11.0. The molecule has 1 aromatic carbocycles. The fraction of sp³-hybridized carbons (Fsp3) is 0.500. The molecule has 0 heterocycles. The highest BCUT2D eigenvalue weighted by Crippen LogP contribution is 2.46. The van der Waals surface area contributed by atoms with Crippen molar-refractivity contribution in [2.75, 3.05) is 13.7 Å². The van der Waals surface area contributed by atoms with E-state index in [0.29, 0.717) is 5.75 Å². The van der Waals surface area contributed by atoms with Crippen molar-refractivity contribution in [3.8, 4) is 5.75 Å². The van der Waals surface area contributed by atoms with Gasteiger partial charge in [0, 0.05) is 17.5 Å². The molecule has 1 aliphatic rings. The molecule has 1 fully saturated rings. The van der Waals surface area contributed by atoms with Gasteiger partial charge in [-0.3, -0.25) is 4.79 Å². The van der Waals surface area contributed by atoms with E-state index in [1.54, 1.807) is 6.07 Å². The van der Waals surface area contributed by atoms with Crippen molar-refractivity contribution >= 4 is 5.91 Å². The molecule has 1 aromatic rings. The summed E-state index contributed by atoms with van der Waals surface area (Å²) in [5.74, 6) is -1.24. The third kappa shape index (κ3) is 2.73. The topological polar surface area (TPSA) is 38.3 Å². The number of carbonyl (C=O) groups is 1. The summed E-state index contributed by atoms with van der Waals surface area (Å²) in [7, 11) is 1.53. The van der Waals surface area contributed by atoms with Crippen LogP contribution in [-0.2, 0) is 10.2 Å². The number of alkyl halides is 3. The summed E-state index contributed by atoms with van der Waals surface area (Å²) >= 11 is 0. The molecule has 0 saturated heterocycles. The van der Waals surface area contributed by atoms with Crippen LogP contribution in [-0.4, -0.2) is 25.7 Å². The van der Waals surface area contributed by atoms with Crippen molar-refractivity contribution in [2.24, 2.45) is 0 Å². The summed E-state index contributed by atoms with van der Waals surface area (Å²) in [6, 6.07) is 7.26. The molecule has 0 aliphatic heterocycles. The van der Waals surface area contributed by atoms with Crippen LogP contribution >= 0.6 is 0 Å². The minimum atomic E-state index is -4.84. The first-order valence-corrected chi connectivity index (χ1v) is 6.38. The highest BCUT2D eigenvalue weighted by atomic mass is 19.4. The molecular weight excluding hydrogens is 271 g/mol. The Bertz CT molecular complexity index is 495. The SMILES string of the molecule is COc1ccccc1C1(CNC(=O)C(F)(F)F)CCC1. The molecule has 6 heteroatoms. The Morgan fingerprint density at radius 1 is 1.35 bits per heavy atom. The quantitative estimate of drug-likeness (QED) is 0.924. The second-order valence-corrected chi connectivity index (χ2v) is 5.01. The van der Waals surface area contributed by atoms with Crippen molar-refractivity contribution in [3.63, 3.8) is 0 Å². The molecule has 2 rings (SSSR count). The van der Waals surface area contributed by atoms with Crippen molar-refractivity contribution in [2.45, 2.75) is 30.9 Å². The van der Waals surface area contributed by atoms with Crippen LogP contribution < -0.4 is 10.1 Å². The van der Waals surface area contributed by atoms with E-state index >= 15 is 0 Å². The number of methoxy groups -OCH3 is 1. The third-order valence-electron chi connectivity index (χ3n) is 3.83. The zero-order chi connectivity index (χ0) is 14.8. The van der Waals surface area contributed by atoms with Gasteiger partial charge >= 0.3 is 12.1 Å². The maximum absolute atomic E-state index is 12.3. The molecule has 20 heavy (non-hydrogen) atoms. The van der Waals surface area contributed by atoms with E-state index in [2.05, 4.69) is 0 Å². The number of carbonyl (C=O) groups excluding carboxylic acids is 1. The number of rotatable bonds is 4. The van der Waals surface area contributed by atoms with Gasteiger partial charge in [-0.2, -0.15) is 13.2 Å². The Kier molecular flexibility index (Phi) is 3.92. The van der Waals surface area contributed by atoms with Crippen molar-refractivity contribution in [1.29, 1.82) is 0 Å². The lowest BCUT2D eigenvalue weighted by molar-refractivity contribution is -0.174. The highest BCUT2D eigenvalue weighted by Gasteiger charge is 2.44. The van der Waals surface area contributed by atoms with Gasteiger partial charge < -0.3 is 10.1 Å². The summed E-state index contributed by atoms with van der Waals surface area (Å²) in [6.45, 7) is -0.0221. The maximum Gasteiger partial charge on any atom is 0.471 e. The number of para-hydroxylation sites is 1. The lowest BCUT2D eigenvalue weighted by atomic mass is 9.64. The molecule has 3 nitrogen and oxygen atoms in total.